The fraction of sp³-hybridized carbons (Fsp3) is 0.783. The van der Waals surface area contributed by atoms with E-state index < -0.39 is 258 Å². The highest BCUT2D eigenvalue weighted by molar-refractivity contribution is 6.02. The first kappa shape index (κ1) is 105. The number of carboxylic acid groups (broad SMARTS) is 1. The topological polar surface area (TPSA) is 577 Å². The van der Waals surface area contributed by atoms with Gasteiger partial charge in [0.25, 0.3) is 0 Å². The first-order chi connectivity index (χ1) is 57.0. The lowest BCUT2D eigenvalue weighted by Gasteiger charge is -2.33. The summed E-state index contributed by atoms with van der Waals surface area (Å²) in [6.45, 7) is 30.6. The SMILES string of the molecule is CC[C@H](C)[C@H](NC(=O)[C@@H](NC(=O)[C@@H](N)C(C)C)C(C)C)C(=O)N[C@@H](CCC(N)=O)C(=O)N1CCC[C@H]1C(=O)N[C@@H](CO)C(=O)N1CCC[C@H]1C(=O)N[C@H](C(=O)N[C@H](C(=O)N[C@H](C(=O)N[C@H](C(=O)N[C@@H](CC(C)C)C(=O)N1CCC[C@H]1C(=O)NCC(=O)N1CCC[C@H]1C(=O)N[C@H](C(=O)N[C@@H](CC(C)C)C(=O)O)[C@@H](C)CC)[C@@H](C)O)C(C)C)C(C)C)C(C)C. The minimum absolute atomic E-state index is 0.0117. The summed E-state index contributed by atoms with van der Waals surface area (Å²) in [5.74, 6) is -18.3. The predicted octanol–water partition coefficient (Wildman–Crippen LogP) is -2.09. The van der Waals surface area contributed by atoms with Crippen LogP contribution in [-0.2, 0) is 86.3 Å². The van der Waals surface area contributed by atoms with Gasteiger partial charge in [-0.1, -0.05) is 137 Å². The maximum atomic E-state index is 14.6. The Kier molecular flexibility index (Phi) is 42.0. The van der Waals surface area contributed by atoms with Crippen LogP contribution in [0.25, 0.3) is 0 Å². The maximum Gasteiger partial charge on any atom is 0.326 e. The molecule has 4 aliphatic heterocycles. The molecule has 17 amide bonds. The van der Waals surface area contributed by atoms with E-state index in [2.05, 4.69) is 63.8 Å². The summed E-state index contributed by atoms with van der Waals surface area (Å²) in [7, 11) is 0. The average molecular weight is 1730 g/mol. The standard InChI is InChI=1S/C83H142N18O21/c1-20-47(17)65(78(116)89-52(83(121)122)37-41(5)6)95-70(108)55-27-22-32-98(55)59(105)38-86-68(106)54-26-23-33-99(54)81(119)51(36-40(3)4)88-79(117)67(49(19)103)97-76(114)64(46(15)16)94-74(112)63(45(13)14)93-73(111)61(43(9)10)91-71(109)57-29-25-35-101(57)82(120)53(39-102)90-69(107)56-28-24-34-100(56)80(118)50(30-31-58(84)104)87-77(115)66(48(18)21-2)96-75(113)62(44(11)12)92-72(110)60(85)42(7)8/h40-57,60-67,102-103H,20-39,85H2,1-19H3,(H2,84,104)(H,86,106)(H,87,115)(H,88,117)(H,89,116)(H,90,107)(H,91,109)(H,92,110)(H,93,111)(H,94,112)(H,95,108)(H,96,113)(H,97,114)(H,121,122)/t47-,48-,49+,50-,51-,52-,53-,54-,55-,56-,57-,60-,61-,62-,63-,64-,65-,66-,67-/m0/s1. The molecule has 0 radical (unpaired) electrons. The number of hydrogen-bond acceptors (Lipinski definition) is 21. The molecule has 0 spiro atoms. The Balaban J connectivity index is 1.43. The van der Waals surface area contributed by atoms with Crippen molar-refractivity contribution in [2.45, 2.75) is 324 Å². The van der Waals surface area contributed by atoms with E-state index >= 15 is 0 Å². The molecule has 0 aliphatic carbocycles. The Bertz CT molecular complexity index is 3670. The highest BCUT2D eigenvalue weighted by Gasteiger charge is 2.47. The number of carboxylic acids is 1. The predicted molar refractivity (Wildman–Crippen MR) is 448 cm³/mol. The maximum absolute atomic E-state index is 14.6. The van der Waals surface area contributed by atoms with Gasteiger partial charge >= 0.3 is 5.97 Å². The van der Waals surface area contributed by atoms with Gasteiger partial charge < -0.3 is 110 Å². The van der Waals surface area contributed by atoms with Crippen molar-refractivity contribution in [1.82, 2.24) is 83.4 Å². The number of aliphatic carboxylic acids is 1. The number of aliphatic hydroxyl groups is 2. The third-order valence-electron chi connectivity index (χ3n) is 23.2. The van der Waals surface area contributed by atoms with E-state index in [0.29, 0.717) is 25.7 Å². The van der Waals surface area contributed by atoms with E-state index in [1.165, 1.54) is 21.6 Å². The number of hydrogen-bond donors (Lipinski definition) is 17. The van der Waals surface area contributed by atoms with E-state index in [1.807, 2.05) is 20.8 Å². The summed E-state index contributed by atoms with van der Waals surface area (Å²) in [5, 5.41) is 63.4. The number of rotatable bonds is 47. The lowest BCUT2D eigenvalue weighted by Crippen LogP contribution is -2.63. The third kappa shape index (κ3) is 29.8. The van der Waals surface area contributed by atoms with E-state index in [4.69, 9.17) is 11.5 Å². The quantitative estimate of drug-likeness (QED) is 0.0311. The molecule has 4 fully saturated rings. The summed E-state index contributed by atoms with van der Waals surface area (Å²) in [5.41, 5.74) is 11.6. The summed E-state index contributed by atoms with van der Waals surface area (Å²) in [6, 6.07) is -20.5. The van der Waals surface area contributed by atoms with Gasteiger partial charge in [0.1, 0.15) is 90.6 Å². The van der Waals surface area contributed by atoms with Gasteiger partial charge in [0.15, 0.2) is 0 Å². The molecule has 690 valence electrons. The van der Waals surface area contributed by atoms with Crippen molar-refractivity contribution in [3.63, 3.8) is 0 Å². The number of carbonyl (C=O) groups is 18. The van der Waals surface area contributed by atoms with Gasteiger partial charge in [-0.2, -0.15) is 0 Å². The zero-order chi connectivity index (χ0) is 92.3. The highest BCUT2D eigenvalue weighted by Crippen LogP contribution is 2.27. The van der Waals surface area contributed by atoms with Crippen molar-refractivity contribution in [2.24, 2.45) is 64.7 Å². The Hall–Kier alpha value is -9.66. The lowest BCUT2D eigenvalue weighted by molar-refractivity contribution is -0.145. The molecule has 0 aromatic carbocycles. The molecule has 39 heteroatoms. The minimum Gasteiger partial charge on any atom is -0.480 e. The van der Waals surface area contributed by atoms with Gasteiger partial charge in [-0.15, -0.1) is 0 Å². The number of nitrogens with one attached hydrogen (secondary N) is 12. The monoisotopic (exact) mass is 1730 g/mol. The second kappa shape index (κ2) is 49.0. The summed E-state index contributed by atoms with van der Waals surface area (Å²) < 4.78 is 0. The van der Waals surface area contributed by atoms with E-state index in [1.54, 1.807) is 104 Å². The minimum atomic E-state index is -1.73. The van der Waals surface area contributed by atoms with Crippen LogP contribution in [0.1, 0.15) is 221 Å². The molecule has 0 saturated carbocycles. The zero-order valence-corrected chi connectivity index (χ0v) is 74.8. The Morgan fingerprint density at radius 2 is 0.680 bits per heavy atom. The van der Waals surface area contributed by atoms with Crippen molar-refractivity contribution in [1.29, 1.82) is 0 Å². The number of nitrogens with two attached hydrogens (primary N) is 2. The van der Waals surface area contributed by atoms with Gasteiger partial charge in [0.2, 0.25) is 100 Å². The van der Waals surface area contributed by atoms with Gasteiger partial charge in [0, 0.05) is 32.6 Å². The van der Waals surface area contributed by atoms with E-state index in [0.717, 1.165) is 4.90 Å². The molecule has 0 bridgehead atoms. The zero-order valence-electron chi connectivity index (χ0n) is 74.8. The Morgan fingerprint density at radius 1 is 0.369 bits per heavy atom. The van der Waals surface area contributed by atoms with Gasteiger partial charge in [0.05, 0.1) is 25.3 Å². The lowest BCUT2D eigenvalue weighted by atomic mass is 9.95. The van der Waals surface area contributed by atoms with E-state index in [-0.39, 0.29) is 108 Å². The molecular weight excluding hydrogens is 1590 g/mol. The van der Waals surface area contributed by atoms with Crippen LogP contribution in [-0.4, -0.2) is 283 Å². The number of amides is 17. The first-order valence-electron chi connectivity index (χ1n) is 43.4. The first-order valence-corrected chi connectivity index (χ1v) is 43.4. The van der Waals surface area contributed by atoms with Crippen LogP contribution in [0.2, 0.25) is 0 Å². The molecule has 19 N–H and O–H groups in total. The van der Waals surface area contributed by atoms with E-state index in [9.17, 15) is 102 Å². The number of carbonyl (C=O) groups excluding carboxylic acids is 17. The second-order valence-electron chi connectivity index (χ2n) is 35.7. The average Bonchev–Trinajstić information content (AvgIpc) is 1.64. The van der Waals surface area contributed by atoms with Crippen LogP contribution >= 0.6 is 0 Å². The molecule has 19 atom stereocenters. The largest absolute Gasteiger partial charge is 0.480 e. The normalized spacial score (nSPS) is 20.4. The summed E-state index contributed by atoms with van der Waals surface area (Å²) in [4.78, 5) is 255. The van der Waals surface area contributed by atoms with Gasteiger partial charge in [-0.05, 0) is 131 Å². The van der Waals surface area contributed by atoms with Crippen LogP contribution in [0.4, 0.5) is 0 Å². The van der Waals surface area contributed by atoms with Gasteiger partial charge in [-0.3, -0.25) is 81.5 Å². The Labute approximate surface area is 716 Å². The smallest absolute Gasteiger partial charge is 0.326 e. The molecule has 122 heavy (non-hydrogen) atoms. The molecule has 4 heterocycles. The van der Waals surface area contributed by atoms with Crippen molar-refractivity contribution in [3.8, 4) is 0 Å². The van der Waals surface area contributed by atoms with Crippen molar-refractivity contribution >= 4 is 106 Å². The van der Waals surface area contributed by atoms with Crippen LogP contribution in [0.15, 0.2) is 0 Å². The van der Waals surface area contributed by atoms with Crippen LogP contribution in [0.5, 0.6) is 0 Å². The molecule has 4 saturated heterocycles. The fourth-order valence-corrected chi connectivity index (χ4v) is 15.4. The number of nitrogens with zero attached hydrogens (tertiary/aromatic N) is 4. The number of aliphatic hydroxyl groups excluding tert-OH is 2. The summed E-state index contributed by atoms with van der Waals surface area (Å²) >= 11 is 0. The van der Waals surface area contributed by atoms with Crippen LogP contribution in [0.3, 0.4) is 0 Å². The molecule has 4 aliphatic rings. The molecule has 4 rings (SSSR count). The molecule has 0 aromatic heterocycles. The fourth-order valence-electron chi connectivity index (χ4n) is 15.4. The second-order valence-corrected chi connectivity index (χ2v) is 35.7. The summed E-state index contributed by atoms with van der Waals surface area (Å²) in [6.07, 6.45) is 0.629. The van der Waals surface area contributed by atoms with Crippen LogP contribution < -0.4 is 75.3 Å². The van der Waals surface area contributed by atoms with Crippen molar-refractivity contribution in [2.75, 3.05) is 39.3 Å². The molecule has 0 unspecified atom stereocenters. The molecule has 39 nitrogen and oxygen atoms in total. The van der Waals surface area contributed by atoms with Crippen molar-refractivity contribution in [3.05, 3.63) is 0 Å². The van der Waals surface area contributed by atoms with Crippen LogP contribution in [0, 0.1) is 53.3 Å². The van der Waals surface area contributed by atoms with Gasteiger partial charge in [-0.25, -0.2) is 4.79 Å². The molecule has 0 aromatic rings. The Morgan fingerprint density at radius 3 is 1.07 bits per heavy atom. The molecular formula is C83H142N18O21. The highest BCUT2D eigenvalue weighted by atomic mass is 16.4. The third-order valence-corrected chi connectivity index (χ3v) is 23.2. The number of primary amides is 1. The van der Waals surface area contributed by atoms with Crippen molar-refractivity contribution < 1.29 is 102 Å². The number of likely N-dealkylation sites (tertiary alicyclic amines) is 4.